The number of hydrogen-bond donors (Lipinski definition) is 2. The van der Waals surface area contributed by atoms with E-state index in [0.717, 1.165) is 200 Å². The predicted molar refractivity (Wildman–Crippen MR) is 376 cm³/mol. The van der Waals surface area contributed by atoms with Gasteiger partial charge in [0, 0.05) is 144 Å². The van der Waals surface area contributed by atoms with Crippen LogP contribution in [0.1, 0.15) is 208 Å². The molecule has 0 bridgehead atoms. The van der Waals surface area contributed by atoms with E-state index in [-0.39, 0.29) is 63.8 Å². The maximum atomic E-state index is 14.5. The van der Waals surface area contributed by atoms with E-state index in [0.29, 0.717) is 36.1 Å². The molecule has 9 fully saturated rings. The topological polar surface area (TPSA) is 137 Å². The van der Waals surface area contributed by atoms with Crippen LogP contribution >= 0.6 is 0 Å². The number of ketones is 1. The monoisotopic (exact) mass is 1290 g/mol. The second-order valence-electron chi connectivity index (χ2n) is 32.0. The number of hydrogen-bond acceptors (Lipinski definition) is 14. The standard InChI is InChI=1S/C55H90N8O4.C19H33NO3.C3H6/c1-11-26-58(28-24-51(61-36-55(37-61)38-67-39-55)52(40(3)4)53(65)63-27-13-15-41(5)57-63)45-18-21-47-48(34-54(8,9)25-14-33-64)50(62(12-2)49(47)22-19-45)23-20-46(35-56-42(6)43(7)66-10)60-31-29-59(30-32-60)44-16-17-44;1-14(2)17(15(3)21)20-9-5-8-18(20,4)19(12-23-13-19)16-6-10-22-11-7-16;1-2-3-1/h19,22,33,40-41,43-46,51-52,56-57H,6,11-17,20,23-32,34-39H2,1-5,7-10H3;14,16-17H,5-13H2,1-4H3;1-3H2/t;17?,18-;/m.1./s1. The molecule has 2 saturated carbocycles. The van der Waals surface area contributed by atoms with E-state index in [2.05, 4.69) is 147 Å². The Hall–Kier alpha value is -3.47. The summed E-state index contributed by atoms with van der Waals surface area (Å²) in [4.78, 5) is 51.8. The molecule has 7 aliphatic heterocycles. The predicted octanol–water partition coefficient (Wildman–Crippen LogP) is 10.7. The lowest BCUT2D eigenvalue weighted by molar-refractivity contribution is -0.228. The van der Waals surface area contributed by atoms with Crippen molar-refractivity contribution in [3.8, 4) is 11.8 Å². The van der Waals surface area contributed by atoms with E-state index in [9.17, 15) is 14.4 Å². The number of hydrazine groups is 1. The fourth-order valence-electron chi connectivity index (χ4n) is 17.6. The molecule has 7 saturated heterocycles. The quantitative estimate of drug-likeness (QED) is 0.0539. The number of aromatic nitrogens is 1. The molecule has 0 aromatic carbocycles. The van der Waals surface area contributed by atoms with Crippen molar-refractivity contribution in [3.05, 3.63) is 40.9 Å². The molecular formula is C77H129N9O7. The minimum atomic E-state index is -0.0943. The van der Waals surface area contributed by atoms with Gasteiger partial charge in [0.15, 0.2) is 0 Å². The zero-order chi connectivity index (χ0) is 66.7. The number of methoxy groups -OCH3 is 1. The number of ether oxygens (including phenoxy) is 4. The first-order chi connectivity index (χ1) is 44.6. The first-order valence-electron chi connectivity index (χ1n) is 37.5. The highest BCUT2D eigenvalue weighted by atomic mass is 16.5. The third-order valence-electron chi connectivity index (χ3n) is 23.6. The molecule has 1 spiro atoms. The number of carbonyl (C=O) groups excluding carboxylic acids is 3. The zero-order valence-electron chi connectivity index (χ0n) is 60.7. The van der Waals surface area contributed by atoms with Gasteiger partial charge in [-0.1, -0.05) is 92.2 Å². The summed E-state index contributed by atoms with van der Waals surface area (Å²) in [6.45, 7) is 47.8. The van der Waals surface area contributed by atoms with Crippen molar-refractivity contribution in [2.75, 3.05) is 119 Å². The first kappa shape index (κ1) is 73.8. The Balaban J connectivity index is 0.000000323. The van der Waals surface area contributed by atoms with Crippen LogP contribution in [0.4, 0.5) is 0 Å². The van der Waals surface area contributed by atoms with Crippen molar-refractivity contribution in [3.63, 3.8) is 0 Å². The van der Waals surface area contributed by atoms with Crippen molar-refractivity contribution < 1.29 is 33.3 Å². The van der Waals surface area contributed by atoms with Gasteiger partial charge in [-0.05, 0) is 172 Å². The molecule has 10 aliphatic rings. The van der Waals surface area contributed by atoms with E-state index in [4.69, 9.17) is 18.9 Å². The maximum absolute atomic E-state index is 14.5. The number of likely N-dealkylation sites (tertiary alicyclic amines) is 2. The van der Waals surface area contributed by atoms with Gasteiger partial charge in [-0.15, -0.1) is 0 Å². The number of aldehydes is 1. The van der Waals surface area contributed by atoms with Crippen LogP contribution in [0.15, 0.2) is 18.4 Å². The Bertz CT molecular complexity index is 2670. The van der Waals surface area contributed by atoms with Crippen molar-refractivity contribution in [1.82, 2.24) is 44.8 Å². The molecule has 16 heteroatoms. The molecule has 8 heterocycles. The number of nitrogens with zero attached hydrogens (tertiary/aromatic N) is 7. The lowest BCUT2D eigenvalue weighted by Crippen LogP contribution is -2.70. The summed E-state index contributed by atoms with van der Waals surface area (Å²) in [5, 5.41) is 5.65. The fraction of sp³-hybridized carbons (Fsp3) is 0.831. The van der Waals surface area contributed by atoms with Crippen LogP contribution in [-0.4, -0.2) is 219 Å². The van der Waals surface area contributed by atoms with Gasteiger partial charge in [0.25, 0.3) is 0 Å². The van der Waals surface area contributed by atoms with Crippen LogP contribution < -0.4 is 10.7 Å². The fourth-order valence-corrected chi connectivity index (χ4v) is 17.6. The van der Waals surface area contributed by atoms with Gasteiger partial charge >= 0.3 is 0 Å². The normalized spacial score (nSPS) is 26.4. The molecular weight excluding hydrogens is 1160 g/mol. The van der Waals surface area contributed by atoms with Gasteiger partial charge in [-0.25, -0.2) is 5.43 Å². The molecule has 7 unspecified atom stereocenters. The summed E-state index contributed by atoms with van der Waals surface area (Å²) in [5.41, 5.74) is 10.1. The highest BCUT2D eigenvalue weighted by molar-refractivity contribution is 5.82. The van der Waals surface area contributed by atoms with Crippen LogP contribution in [-0.2, 0) is 52.7 Å². The van der Waals surface area contributed by atoms with Gasteiger partial charge in [-0.2, -0.15) is 0 Å². The summed E-state index contributed by atoms with van der Waals surface area (Å²) in [6.07, 6.45) is 26.0. The number of amides is 1. The van der Waals surface area contributed by atoms with Gasteiger partial charge in [0.1, 0.15) is 12.1 Å². The second kappa shape index (κ2) is 33.4. The molecule has 11 rings (SSSR count). The first-order valence-corrected chi connectivity index (χ1v) is 37.5. The Labute approximate surface area is 564 Å². The van der Waals surface area contributed by atoms with Crippen LogP contribution in [0.25, 0.3) is 6.08 Å². The number of fused-ring (bicyclic) bond motifs is 1. The SMILES string of the molecule is C1CC1.C=C(NCC(CCc1c(CC(C)(C)CCC=O)c2c(n1CC)C=CC(N(CCC)CCC(C(C(=O)N1CCCC(C)N1)C(C)C)N1CC3(COC3)C1)C#C2)N1CCN(C2CC2)CC1)C(C)OC.CC(=O)C(C(C)C)N1CCC[C@]1(C)C1(C2CCOCC2)COC1. The molecule has 2 N–H and O–H groups in total. The molecule has 1 aromatic rings. The van der Waals surface area contributed by atoms with E-state index in [1.807, 2.05) is 5.01 Å². The van der Waals surface area contributed by atoms with Gasteiger partial charge in [0.2, 0.25) is 5.91 Å². The Morgan fingerprint density at radius 1 is 0.882 bits per heavy atom. The van der Waals surface area contributed by atoms with Crippen molar-refractivity contribution >= 4 is 24.1 Å². The average molecular weight is 1290 g/mol. The molecule has 8 atom stereocenters. The van der Waals surface area contributed by atoms with Crippen LogP contribution in [0.2, 0.25) is 0 Å². The number of nitrogens with one attached hydrogen (secondary N) is 2. The average Bonchev–Trinajstić information content (AvgIpc) is 1.71. The van der Waals surface area contributed by atoms with E-state index < -0.39 is 0 Å². The minimum Gasteiger partial charge on any atom is -0.385 e. The van der Waals surface area contributed by atoms with Gasteiger partial charge in [-0.3, -0.25) is 39.1 Å². The molecule has 1 aromatic heterocycles. The van der Waals surface area contributed by atoms with E-state index >= 15 is 0 Å². The van der Waals surface area contributed by atoms with Gasteiger partial charge < -0.3 is 33.6 Å². The van der Waals surface area contributed by atoms with Crippen molar-refractivity contribution in [1.29, 1.82) is 0 Å². The third-order valence-corrected chi connectivity index (χ3v) is 23.6. The Morgan fingerprint density at radius 3 is 2.14 bits per heavy atom. The summed E-state index contributed by atoms with van der Waals surface area (Å²) in [6, 6.07) is 1.61. The summed E-state index contributed by atoms with van der Waals surface area (Å²) in [7, 11) is 1.75. The molecule has 93 heavy (non-hydrogen) atoms. The van der Waals surface area contributed by atoms with Crippen LogP contribution in [0, 0.1) is 51.8 Å². The summed E-state index contributed by atoms with van der Waals surface area (Å²) >= 11 is 0. The highest BCUT2D eigenvalue weighted by Gasteiger charge is 2.63. The van der Waals surface area contributed by atoms with Crippen LogP contribution in [0.3, 0.4) is 0 Å². The molecule has 524 valence electrons. The lowest BCUT2D eigenvalue weighted by Gasteiger charge is -2.61. The van der Waals surface area contributed by atoms with E-state index in [1.54, 1.807) is 14.0 Å². The number of piperazine rings is 1. The third kappa shape index (κ3) is 17.9. The highest BCUT2D eigenvalue weighted by Crippen LogP contribution is 2.56. The number of Topliss-reactive ketones (excluding diaryl/α,β-unsaturated/α-hetero) is 1. The second-order valence-corrected chi connectivity index (χ2v) is 32.0. The summed E-state index contributed by atoms with van der Waals surface area (Å²) in [5.74, 6) is 9.42. The lowest BCUT2D eigenvalue weighted by atomic mass is 9.57. The zero-order valence-corrected chi connectivity index (χ0v) is 60.7. The van der Waals surface area contributed by atoms with Gasteiger partial charge in [0.05, 0.1) is 61.8 Å². The van der Waals surface area contributed by atoms with E-state index in [1.165, 1.54) is 67.5 Å². The molecule has 0 radical (unpaired) electrons. The molecule has 1 amide bonds. The summed E-state index contributed by atoms with van der Waals surface area (Å²) < 4.78 is 25.3. The van der Waals surface area contributed by atoms with Crippen LogP contribution in [0.5, 0.6) is 0 Å². The molecule has 16 nitrogen and oxygen atoms in total. The minimum absolute atomic E-state index is 0.0365. The Kier molecular flexibility index (Phi) is 26.5. The van der Waals surface area contributed by atoms with Crippen molar-refractivity contribution in [2.24, 2.45) is 39.9 Å². The number of rotatable bonds is 31. The van der Waals surface area contributed by atoms with Crippen molar-refractivity contribution in [2.45, 2.75) is 253 Å². The Morgan fingerprint density at radius 2 is 1.58 bits per heavy atom. The smallest absolute Gasteiger partial charge is 0.241 e. The number of carbonyl (C=O) groups is 3. The largest absolute Gasteiger partial charge is 0.385 e. The maximum Gasteiger partial charge on any atom is 0.241 e. The molecule has 3 aliphatic carbocycles.